The zero-order valence-electron chi connectivity index (χ0n) is 8.64. The monoisotopic (exact) mass is 298 g/mol. The molecule has 6 heteroatoms. The number of aryl methyl sites for hydroxylation is 1. The SMILES string of the molecule is Cc1cnc(C(NN)c2cscc2Br)nc1. The van der Waals surface area contributed by atoms with Gasteiger partial charge in [-0.05, 0) is 33.8 Å². The lowest BCUT2D eigenvalue weighted by molar-refractivity contribution is 0.600. The molecule has 2 aromatic heterocycles. The van der Waals surface area contributed by atoms with Gasteiger partial charge in [0.15, 0.2) is 5.82 Å². The molecular weight excluding hydrogens is 288 g/mol. The number of hydrogen-bond acceptors (Lipinski definition) is 5. The first-order chi connectivity index (χ1) is 7.72. The summed E-state index contributed by atoms with van der Waals surface area (Å²) in [5.41, 5.74) is 4.82. The van der Waals surface area contributed by atoms with Crippen molar-refractivity contribution in [1.29, 1.82) is 0 Å². The van der Waals surface area contributed by atoms with E-state index in [1.807, 2.05) is 17.7 Å². The van der Waals surface area contributed by atoms with Crippen molar-refractivity contribution >= 4 is 27.3 Å². The van der Waals surface area contributed by atoms with E-state index in [0.29, 0.717) is 5.82 Å². The molecule has 0 spiro atoms. The highest BCUT2D eigenvalue weighted by Crippen LogP contribution is 2.29. The van der Waals surface area contributed by atoms with Crippen LogP contribution < -0.4 is 11.3 Å². The fraction of sp³-hybridized carbons (Fsp3) is 0.200. The number of thiophene rings is 1. The van der Waals surface area contributed by atoms with Crippen molar-refractivity contribution in [3.63, 3.8) is 0 Å². The number of rotatable bonds is 3. The van der Waals surface area contributed by atoms with Crippen LogP contribution in [-0.2, 0) is 0 Å². The van der Waals surface area contributed by atoms with Crippen LogP contribution in [0.5, 0.6) is 0 Å². The molecule has 0 saturated heterocycles. The Labute approximate surface area is 106 Å². The summed E-state index contributed by atoms with van der Waals surface area (Å²) in [6.45, 7) is 1.95. The summed E-state index contributed by atoms with van der Waals surface area (Å²) >= 11 is 5.09. The standard InChI is InChI=1S/C10H11BrN4S/c1-6-2-13-10(14-3-6)9(15-12)7-4-16-5-8(7)11/h2-5,9,15H,12H2,1H3. The number of nitrogens with two attached hydrogens (primary N) is 1. The van der Waals surface area contributed by atoms with E-state index in [0.717, 1.165) is 15.6 Å². The van der Waals surface area contributed by atoms with E-state index in [2.05, 4.69) is 31.3 Å². The third-order valence-corrected chi connectivity index (χ3v) is 3.93. The van der Waals surface area contributed by atoms with E-state index in [9.17, 15) is 0 Å². The fourth-order valence-corrected chi connectivity index (χ4v) is 2.90. The first kappa shape index (κ1) is 11.7. The van der Waals surface area contributed by atoms with Gasteiger partial charge in [-0.1, -0.05) is 0 Å². The molecule has 84 valence electrons. The van der Waals surface area contributed by atoms with E-state index in [1.165, 1.54) is 0 Å². The molecule has 0 saturated carbocycles. The van der Waals surface area contributed by atoms with Crippen molar-refractivity contribution in [3.8, 4) is 0 Å². The third kappa shape index (κ3) is 2.30. The van der Waals surface area contributed by atoms with Crippen LogP contribution in [0.2, 0.25) is 0 Å². The van der Waals surface area contributed by atoms with Crippen molar-refractivity contribution < 1.29 is 0 Å². The highest BCUT2D eigenvalue weighted by Gasteiger charge is 2.18. The highest BCUT2D eigenvalue weighted by atomic mass is 79.9. The molecule has 3 N–H and O–H groups in total. The van der Waals surface area contributed by atoms with Gasteiger partial charge in [0.05, 0.1) is 0 Å². The normalized spacial score (nSPS) is 12.7. The molecular formula is C10H11BrN4S. The van der Waals surface area contributed by atoms with Crippen LogP contribution in [0.4, 0.5) is 0 Å². The van der Waals surface area contributed by atoms with E-state index in [1.54, 1.807) is 23.7 Å². The van der Waals surface area contributed by atoms with Crippen LogP contribution >= 0.6 is 27.3 Å². The predicted molar refractivity (Wildman–Crippen MR) is 68.0 cm³/mol. The Morgan fingerprint density at radius 1 is 1.38 bits per heavy atom. The second kappa shape index (κ2) is 5.01. The molecule has 2 heterocycles. The molecule has 16 heavy (non-hydrogen) atoms. The van der Waals surface area contributed by atoms with Crippen molar-refractivity contribution in [1.82, 2.24) is 15.4 Å². The zero-order chi connectivity index (χ0) is 11.5. The second-order valence-corrected chi connectivity index (χ2v) is 4.99. The Kier molecular flexibility index (Phi) is 3.65. The van der Waals surface area contributed by atoms with Crippen molar-refractivity contribution in [2.24, 2.45) is 5.84 Å². The molecule has 0 bridgehead atoms. The lowest BCUT2D eigenvalue weighted by atomic mass is 10.1. The molecule has 0 aliphatic rings. The van der Waals surface area contributed by atoms with Gasteiger partial charge < -0.3 is 0 Å². The maximum Gasteiger partial charge on any atom is 0.150 e. The van der Waals surface area contributed by atoms with Crippen molar-refractivity contribution in [2.75, 3.05) is 0 Å². The van der Waals surface area contributed by atoms with Gasteiger partial charge in [0, 0.05) is 27.8 Å². The van der Waals surface area contributed by atoms with E-state index < -0.39 is 0 Å². The molecule has 4 nitrogen and oxygen atoms in total. The third-order valence-electron chi connectivity index (χ3n) is 2.18. The second-order valence-electron chi connectivity index (χ2n) is 3.39. The smallest absolute Gasteiger partial charge is 0.150 e. The molecule has 0 aromatic carbocycles. The number of halogens is 1. The summed E-state index contributed by atoms with van der Waals surface area (Å²) in [6, 6.07) is -0.179. The van der Waals surface area contributed by atoms with Crippen LogP contribution in [0.1, 0.15) is 23.0 Å². The Morgan fingerprint density at radius 3 is 2.56 bits per heavy atom. The van der Waals surface area contributed by atoms with Gasteiger partial charge >= 0.3 is 0 Å². The highest BCUT2D eigenvalue weighted by molar-refractivity contribution is 9.10. The minimum absolute atomic E-state index is 0.179. The molecule has 0 radical (unpaired) electrons. The topological polar surface area (TPSA) is 63.8 Å². The Bertz CT molecular complexity index is 468. The van der Waals surface area contributed by atoms with E-state index in [-0.39, 0.29) is 6.04 Å². The molecule has 0 aliphatic heterocycles. The number of hydrazine groups is 1. The maximum absolute atomic E-state index is 5.56. The number of nitrogens with zero attached hydrogens (tertiary/aromatic N) is 2. The minimum Gasteiger partial charge on any atom is -0.270 e. The van der Waals surface area contributed by atoms with E-state index in [4.69, 9.17) is 5.84 Å². The summed E-state index contributed by atoms with van der Waals surface area (Å²) in [4.78, 5) is 8.55. The lowest BCUT2D eigenvalue weighted by Gasteiger charge is -2.13. The summed E-state index contributed by atoms with van der Waals surface area (Å²) in [7, 11) is 0. The van der Waals surface area contributed by atoms with Crippen LogP contribution in [0.25, 0.3) is 0 Å². The molecule has 1 unspecified atom stereocenters. The average molecular weight is 299 g/mol. The largest absolute Gasteiger partial charge is 0.270 e. The summed E-state index contributed by atoms with van der Waals surface area (Å²) in [5, 5.41) is 4.03. The summed E-state index contributed by atoms with van der Waals surface area (Å²) in [5.74, 6) is 6.23. The molecule has 0 amide bonds. The van der Waals surface area contributed by atoms with Crippen LogP contribution in [0.15, 0.2) is 27.6 Å². The summed E-state index contributed by atoms with van der Waals surface area (Å²) in [6.07, 6.45) is 3.57. The van der Waals surface area contributed by atoms with Crippen LogP contribution in [0.3, 0.4) is 0 Å². The predicted octanol–water partition coefficient (Wildman–Crippen LogP) is 2.16. The Morgan fingerprint density at radius 2 is 2.06 bits per heavy atom. The fourth-order valence-electron chi connectivity index (χ4n) is 1.35. The quantitative estimate of drug-likeness (QED) is 0.673. The molecule has 2 aromatic rings. The maximum atomic E-state index is 5.56. The minimum atomic E-state index is -0.179. The van der Waals surface area contributed by atoms with Gasteiger partial charge in [-0.2, -0.15) is 11.3 Å². The van der Waals surface area contributed by atoms with Gasteiger partial charge in [-0.3, -0.25) is 5.84 Å². The first-order valence-electron chi connectivity index (χ1n) is 4.68. The zero-order valence-corrected chi connectivity index (χ0v) is 11.0. The number of nitrogens with one attached hydrogen (secondary N) is 1. The molecule has 1 atom stereocenters. The lowest BCUT2D eigenvalue weighted by Crippen LogP contribution is -2.30. The Hall–Kier alpha value is -0.820. The van der Waals surface area contributed by atoms with Crippen LogP contribution in [0, 0.1) is 6.92 Å². The van der Waals surface area contributed by atoms with Crippen LogP contribution in [-0.4, -0.2) is 9.97 Å². The van der Waals surface area contributed by atoms with Crippen molar-refractivity contribution in [3.05, 3.63) is 44.6 Å². The summed E-state index contributed by atoms with van der Waals surface area (Å²) < 4.78 is 1.02. The van der Waals surface area contributed by atoms with Crippen molar-refractivity contribution in [2.45, 2.75) is 13.0 Å². The number of aromatic nitrogens is 2. The van der Waals surface area contributed by atoms with E-state index >= 15 is 0 Å². The number of hydrogen-bond donors (Lipinski definition) is 2. The van der Waals surface area contributed by atoms with Gasteiger partial charge in [-0.15, -0.1) is 0 Å². The van der Waals surface area contributed by atoms with Gasteiger partial charge in [0.25, 0.3) is 0 Å². The Balaban J connectivity index is 2.37. The first-order valence-corrected chi connectivity index (χ1v) is 6.42. The molecule has 0 aliphatic carbocycles. The molecule has 2 rings (SSSR count). The average Bonchev–Trinajstić information content (AvgIpc) is 2.69. The van der Waals surface area contributed by atoms with Gasteiger partial charge in [0.2, 0.25) is 0 Å². The molecule has 0 fully saturated rings. The van der Waals surface area contributed by atoms with Gasteiger partial charge in [-0.25, -0.2) is 15.4 Å². The van der Waals surface area contributed by atoms with Gasteiger partial charge in [0.1, 0.15) is 6.04 Å².